The fourth-order valence-electron chi connectivity index (χ4n) is 1.91. The molecule has 22 heavy (non-hydrogen) atoms. The number of carbonyl (C=O) groups is 2. The van der Waals surface area contributed by atoms with Crippen LogP contribution in [0.25, 0.3) is 0 Å². The number of hydrogen-bond acceptors (Lipinski definition) is 5. The summed E-state index contributed by atoms with van der Waals surface area (Å²) in [5.74, 6) is 0.255. The molecule has 0 atom stereocenters. The van der Waals surface area contributed by atoms with Gasteiger partial charge in [-0.25, -0.2) is 0 Å². The molecule has 2 aromatic rings. The van der Waals surface area contributed by atoms with E-state index in [4.69, 9.17) is 0 Å². The molecule has 1 amide bonds. The Balaban J connectivity index is 1.80. The third-order valence-electron chi connectivity index (χ3n) is 2.97. The molecule has 116 valence electrons. The number of benzene rings is 1. The molecule has 0 bridgehead atoms. The Kier molecular flexibility index (Phi) is 5.77. The minimum absolute atomic E-state index is 0.0338. The molecular formula is C16H19N3O2S. The summed E-state index contributed by atoms with van der Waals surface area (Å²) in [5, 5.41) is 12.1. The van der Waals surface area contributed by atoms with Gasteiger partial charge in [-0.2, -0.15) is 0 Å². The Labute approximate surface area is 133 Å². The van der Waals surface area contributed by atoms with Crippen LogP contribution in [-0.4, -0.2) is 21.9 Å². The zero-order valence-electron chi connectivity index (χ0n) is 12.7. The number of anilines is 1. The Bertz CT molecular complexity index is 638. The first kappa shape index (κ1) is 16.3. The van der Waals surface area contributed by atoms with Gasteiger partial charge in [0.1, 0.15) is 5.01 Å². The fourth-order valence-corrected chi connectivity index (χ4v) is 2.88. The molecule has 6 heteroatoms. The van der Waals surface area contributed by atoms with Gasteiger partial charge in [0.15, 0.2) is 5.78 Å². The van der Waals surface area contributed by atoms with E-state index in [9.17, 15) is 9.59 Å². The van der Waals surface area contributed by atoms with Crippen LogP contribution in [0, 0.1) is 5.92 Å². The first-order valence-electron chi connectivity index (χ1n) is 7.25. The average molecular weight is 317 g/mol. The van der Waals surface area contributed by atoms with Crippen LogP contribution in [0.15, 0.2) is 30.3 Å². The number of rotatable bonds is 7. The maximum atomic E-state index is 11.9. The van der Waals surface area contributed by atoms with Crippen LogP contribution in [0.2, 0.25) is 0 Å². The van der Waals surface area contributed by atoms with Crippen molar-refractivity contribution < 1.29 is 9.59 Å². The van der Waals surface area contributed by atoms with E-state index in [1.165, 1.54) is 11.3 Å². The van der Waals surface area contributed by atoms with Crippen molar-refractivity contribution in [2.45, 2.75) is 33.1 Å². The van der Waals surface area contributed by atoms with Crippen LogP contribution in [-0.2, 0) is 11.2 Å². The van der Waals surface area contributed by atoms with Gasteiger partial charge in [0, 0.05) is 24.8 Å². The molecule has 1 heterocycles. The third kappa shape index (κ3) is 5.04. The summed E-state index contributed by atoms with van der Waals surface area (Å²) < 4.78 is 0. The Morgan fingerprint density at radius 3 is 2.55 bits per heavy atom. The van der Waals surface area contributed by atoms with Gasteiger partial charge in [-0.1, -0.05) is 55.5 Å². The van der Waals surface area contributed by atoms with Crippen LogP contribution in [0.5, 0.6) is 0 Å². The Morgan fingerprint density at radius 1 is 1.14 bits per heavy atom. The highest BCUT2D eigenvalue weighted by Crippen LogP contribution is 2.18. The summed E-state index contributed by atoms with van der Waals surface area (Å²) in [6, 6.07) is 8.98. The van der Waals surface area contributed by atoms with Gasteiger partial charge in [0.25, 0.3) is 0 Å². The summed E-state index contributed by atoms with van der Waals surface area (Å²) in [6.07, 6.45) is 1.18. The number of amides is 1. The van der Waals surface area contributed by atoms with Crippen LogP contribution >= 0.6 is 11.3 Å². The quantitative estimate of drug-likeness (QED) is 0.795. The van der Waals surface area contributed by atoms with Crippen molar-refractivity contribution >= 4 is 28.2 Å². The predicted molar refractivity (Wildman–Crippen MR) is 87.1 cm³/mol. The monoisotopic (exact) mass is 317 g/mol. The zero-order chi connectivity index (χ0) is 15.9. The second-order valence-corrected chi connectivity index (χ2v) is 6.50. The van der Waals surface area contributed by atoms with Gasteiger partial charge in [-0.15, -0.1) is 10.2 Å². The van der Waals surface area contributed by atoms with Crippen LogP contribution in [0.1, 0.15) is 42.1 Å². The molecule has 0 fully saturated rings. The third-order valence-corrected chi connectivity index (χ3v) is 3.83. The maximum Gasteiger partial charge on any atom is 0.226 e. The van der Waals surface area contributed by atoms with E-state index < -0.39 is 0 Å². The molecule has 0 saturated carbocycles. The molecule has 0 radical (unpaired) electrons. The summed E-state index contributed by atoms with van der Waals surface area (Å²) in [6.45, 7) is 4.21. The lowest BCUT2D eigenvalue weighted by molar-refractivity contribution is -0.116. The molecule has 0 spiro atoms. The molecule has 0 aliphatic carbocycles. The predicted octanol–water partition coefficient (Wildman–Crippen LogP) is 3.34. The van der Waals surface area contributed by atoms with E-state index in [2.05, 4.69) is 29.4 Å². The lowest BCUT2D eigenvalue weighted by Crippen LogP contribution is -2.13. The summed E-state index contributed by atoms with van der Waals surface area (Å²) in [4.78, 5) is 23.8. The summed E-state index contributed by atoms with van der Waals surface area (Å²) in [5.41, 5.74) is 0.630. The van der Waals surface area contributed by atoms with Crippen LogP contribution in [0.3, 0.4) is 0 Å². The van der Waals surface area contributed by atoms with E-state index in [1.54, 1.807) is 12.1 Å². The zero-order valence-corrected chi connectivity index (χ0v) is 13.5. The van der Waals surface area contributed by atoms with Crippen molar-refractivity contribution in [3.05, 3.63) is 40.9 Å². The smallest absolute Gasteiger partial charge is 0.226 e. The van der Waals surface area contributed by atoms with E-state index in [0.717, 1.165) is 11.4 Å². The van der Waals surface area contributed by atoms with Crippen LogP contribution < -0.4 is 5.32 Å². The number of carbonyl (C=O) groups excluding carboxylic acids is 2. The molecular weight excluding hydrogens is 298 g/mol. The average Bonchev–Trinajstić information content (AvgIpc) is 2.92. The lowest BCUT2D eigenvalue weighted by Gasteiger charge is -2.01. The summed E-state index contributed by atoms with van der Waals surface area (Å²) >= 11 is 1.38. The second kappa shape index (κ2) is 7.79. The number of aromatic nitrogens is 2. The number of hydrogen-bond donors (Lipinski definition) is 1. The molecule has 5 nitrogen and oxygen atoms in total. The normalized spacial score (nSPS) is 10.7. The molecule has 2 rings (SSSR count). The molecule has 0 saturated heterocycles. The summed E-state index contributed by atoms with van der Waals surface area (Å²) in [7, 11) is 0. The van der Waals surface area contributed by atoms with Crippen molar-refractivity contribution in [3.8, 4) is 0 Å². The van der Waals surface area contributed by atoms with Gasteiger partial charge in [0.2, 0.25) is 11.0 Å². The van der Waals surface area contributed by atoms with E-state index in [-0.39, 0.29) is 24.5 Å². The number of nitrogens with one attached hydrogen (secondary N) is 1. The highest BCUT2D eigenvalue weighted by Gasteiger charge is 2.12. The first-order valence-corrected chi connectivity index (χ1v) is 8.06. The largest absolute Gasteiger partial charge is 0.301 e. The Hall–Kier alpha value is -2.08. The maximum absolute atomic E-state index is 11.9. The fraction of sp³-hybridized carbons (Fsp3) is 0.375. The van der Waals surface area contributed by atoms with Crippen molar-refractivity contribution in [2.75, 3.05) is 5.32 Å². The first-order chi connectivity index (χ1) is 10.5. The highest BCUT2D eigenvalue weighted by atomic mass is 32.1. The number of nitrogens with zero attached hydrogens (tertiary/aromatic N) is 2. The van der Waals surface area contributed by atoms with E-state index >= 15 is 0 Å². The molecule has 0 aliphatic heterocycles. The minimum Gasteiger partial charge on any atom is -0.301 e. The van der Waals surface area contributed by atoms with Crippen molar-refractivity contribution in [3.63, 3.8) is 0 Å². The van der Waals surface area contributed by atoms with Gasteiger partial charge >= 0.3 is 0 Å². The van der Waals surface area contributed by atoms with E-state index in [0.29, 0.717) is 16.6 Å². The molecule has 1 N–H and O–H groups in total. The second-order valence-electron chi connectivity index (χ2n) is 5.44. The van der Waals surface area contributed by atoms with Crippen LogP contribution in [0.4, 0.5) is 5.13 Å². The number of Topliss-reactive ketones (excluding diaryl/α,β-unsaturated/α-hetero) is 1. The lowest BCUT2D eigenvalue weighted by atomic mass is 10.1. The van der Waals surface area contributed by atoms with E-state index in [1.807, 2.05) is 18.2 Å². The molecule has 1 aromatic heterocycles. The van der Waals surface area contributed by atoms with Crippen molar-refractivity contribution in [2.24, 2.45) is 5.92 Å². The molecule has 0 unspecified atom stereocenters. The molecule has 1 aromatic carbocycles. The standard InChI is InChI=1S/C16H19N3O2S/c1-11(2)10-15-18-19-16(22-15)17-14(21)9-8-13(20)12-6-4-3-5-7-12/h3-7,11H,8-10H2,1-2H3,(H,17,19,21). The molecule has 0 aliphatic rings. The Morgan fingerprint density at radius 2 is 1.86 bits per heavy atom. The SMILES string of the molecule is CC(C)Cc1nnc(NC(=O)CCC(=O)c2ccccc2)s1. The van der Waals surface area contributed by atoms with Gasteiger partial charge in [-0.05, 0) is 5.92 Å². The van der Waals surface area contributed by atoms with Gasteiger partial charge in [0.05, 0.1) is 0 Å². The van der Waals surface area contributed by atoms with Gasteiger partial charge in [-0.3, -0.25) is 9.59 Å². The van der Waals surface area contributed by atoms with Crippen molar-refractivity contribution in [1.82, 2.24) is 10.2 Å². The highest BCUT2D eigenvalue weighted by molar-refractivity contribution is 7.15. The topological polar surface area (TPSA) is 72.0 Å². The van der Waals surface area contributed by atoms with Crippen molar-refractivity contribution in [1.29, 1.82) is 0 Å². The van der Waals surface area contributed by atoms with Gasteiger partial charge < -0.3 is 5.32 Å². The minimum atomic E-state index is -0.212. The number of ketones is 1.